The average molecular weight is 556 g/mol. The summed E-state index contributed by atoms with van der Waals surface area (Å²) >= 11 is 0. The quantitative estimate of drug-likeness (QED) is 0.390. The number of benzene rings is 2. The summed E-state index contributed by atoms with van der Waals surface area (Å²) in [4.78, 5) is 22.0. The monoisotopic (exact) mass is 555 g/mol. The normalized spacial score (nSPS) is 9.79. The van der Waals surface area contributed by atoms with Gasteiger partial charge in [0.1, 0.15) is 5.75 Å². The number of hydrogen-bond donors (Lipinski definition) is 3. The van der Waals surface area contributed by atoms with Gasteiger partial charge in [0.05, 0.1) is 12.0 Å². The van der Waals surface area contributed by atoms with Crippen LogP contribution in [-0.2, 0) is 14.8 Å². The third-order valence-corrected chi connectivity index (χ3v) is 5.66. The Balaban J connectivity index is -0.000000231. The third-order valence-electron chi connectivity index (χ3n) is 3.99. The number of carbonyl (C=O) groups is 2. The van der Waals surface area contributed by atoms with Crippen LogP contribution in [0.3, 0.4) is 0 Å². The van der Waals surface area contributed by atoms with Crippen molar-refractivity contribution >= 4 is 21.8 Å². The van der Waals surface area contributed by atoms with Crippen LogP contribution in [0.15, 0.2) is 53.4 Å². The van der Waals surface area contributed by atoms with Crippen LogP contribution in [0.25, 0.3) is 0 Å². The molecule has 0 heterocycles. The first-order valence-corrected chi connectivity index (χ1v) is 13.0. The van der Waals surface area contributed by atoms with Gasteiger partial charge in [-0.1, -0.05) is 40.0 Å². The van der Waals surface area contributed by atoms with Crippen molar-refractivity contribution in [3.63, 3.8) is 0 Å². The summed E-state index contributed by atoms with van der Waals surface area (Å²) in [5, 5.41) is 5.48. The van der Waals surface area contributed by atoms with Crippen molar-refractivity contribution in [3.05, 3.63) is 59.7 Å². The first-order chi connectivity index (χ1) is 16.2. The summed E-state index contributed by atoms with van der Waals surface area (Å²) in [6, 6.07) is 14.2. The van der Waals surface area contributed by atoms with Gasteiger partial charge in [0.15, 0.2) is 0 Å². The standard InChI is InChI=1S/C11H15NO2.C10H15NO2S.C5H11NO.3CH4/c1-8(2)12-11(13)9-4-6-10(14-3)7-5-9;1-8(2)11-14(12,13)10-6-4-9(3)5-7-10;1-4(2)6-5(3)7;;;/h4-8H,1-3H3,(H,12,13);4-8,11H,1-3H3;4H,1-3H3,(H,6,7);3*1H4. The molecule has 0 radical (unpaired) electrons. The molecule has 2 amide bonds. The summed E-state index contributed by atoms with van der Waals surface area (Å²) in [5.74, 6) is 0.740. The maximum absolute atomic E-state index is 11.6. The van der Waals surface area contributed by atoms with Gasteiger partial charge in [0.2, 0.25) is 15.9 Å². The molecule has 0 atom stereocenters. The number of amides is 2. The largest absolute Gasteiger partial charge is 0.497 e. The first-order valence-electron chi connectivity index (χ1n) is 11.5. The van der Waals surface area contributed by atoms with Crippen LogP contribution in [0.1, 0.15) is 86.7 Å². The maximum Gasteiger partial charge on any atom is 0.251 e. The molecule has 0 spiro atoms. The molecule has 0 saturated heterocycles. The van der Waals surface area contributed by atoms with Gasteiger partial charge in [-0.3, -0.25) is 9.59 Å². The lowest BCUT2D eigenvalue weighted by Gasteiger charge is -2.09. The second-order valence-electron chi connectivity index (χ2n) is 8.80. The predicted molar refractivity (Wildman–Crippen MR) is 161 cm³/mol. The van der Waals surface area contributed by atoms with E-state index in [2.05, 4.69) is 15.4 Å². The van der Waals surface area contributed by atoms with Gasteiger partial charge in [-0.25, -0.2) is 13.1 Å². The minimum Gasteiger partial charge on any atom is -0.497 e. The highest BCUT2D eigenvalue weighted by Gasteiger charge is 2.14. The molecule has 220 valence electrons. The Kier molecular flexibility index (Phi) is 23.4. The van der Waals surface area contributed by atoms with Gasteiger partial charge in [-0.2, -0.15) is 0 Å². The Morgan fingerprint density at radius 2 is 1.18 bits per heavy atom. The number of methoxy groups -OCH3 is 1. The minimum atomic E-state index is -3.33. The summed E-state index contributed by atoms with van der Waals surface area (Å²) in [7, 11) is -1.73. The SMILES string of the molecule is C.C.C.CC(=O)NC(C)C.COc1ccc(C(=O)NC(C)C)cc1.Cc1ccc(S(=O)(=O)NC(C)C)cc1. The van der Waals surface area contributed by atoms with Crippen LogP contribution in [0.2, 0.25) is 0 Å². The van der Waals surface area contributed by atoms with Crippen molar-refractivity contribution in [3.8, 4) is 5.75 Å². The van der Waals surface area contributed by atoms with E-state index < -0.39 is 10.0 Å². The lowest BCUT2D eigenvalue weighted by atomic mass is 10.2. The summed E-state index contributed by atoms with van der Waals surface area (Å²) < 4.78 is 30.8. The van der Waals surface area contributed by atoms with Crippen molar-refractivity contribution in [2.24, 2.45) is 0 Å². The van der Waals surface area contributed by atoms with Crippen molar-refractivity contribution in [1.82, 2.24) is 15.4 Å². The zero-order valence-corrected chi connectivity index (χ0v) is 23.1. The molecule has 0 bridgehead atoms. The van der Waals surface area contributed by atoms with E-state index in [1.165, 1.54) is 6.92 Å². The third kappa shape index (κ3) is 19.2. The zero-order chi connectivity index (χ0) is 27.2. The highest BCUT2D eigenvalue weighted by Crippen LogP contribution is 2.11. The van der Waals surface area contributed by atoms with E-state index >= 15 is 0 Å². The fourth-order valence-electron chi connectivity index (χ4n) is 2.59. The average Bonchev–Trinajstić information content (AvgIpc) is 2.72. The molecule has 0 aliphatic heterocycles. The van der Waals surface area contributed by atoms with Crippen LogP contribution >= 0.6 is 0 Å². The van der Waals surface area contributed by atoms with E-state index in [1.807, 2.05) is 34.6 Å². The van der Waals surface area contributed by atoms with Gasteiger partial charge >= 0.3 is 0 Å². The number of hydrogen-bond acceptors (Lipinski definition) is 5. The van der Waals surface area contributed by atoms with Crippen molar-refractivity contribution in [1.29, 1.82) is 0 Å². The van der Waals surface area contributed by atoms with E-state index in [9.17, 15) is 18.0 Å². The Morgan fingerprint density at radius 1 is 0.737 bits per heavy atom. The number of rotatable bonds is 7. The van der Waals surface area contributed by atoms with E-state index in [0.717, 1.165) is 11.3 Å². The van der Waals surface area contributed by atoms with Crippen LogP contribution in [-0.4, -0.2) is 45.5 Å². The molecule has 3 N–H and O–H groups in total. The molecule has 2 rings (SSSR count). The second-order valence-corrected chi connectivity index (χ2v) is 10.5. The number of carbonyl (C=O) groups excluding carboxylic acids is 2. The Hall–Kier alpha value is -2.91. The second kappa shape index (κ2) is 21.1. The molecule has 8 nitrogen and oxygen atoms in total. The van der Waals surface area contributed by atoms with Crippen LogP contribution in [0.4, 0.5) is 0 Å². The lowest BCUT2D eigenvalue weighted by Crippen LogP contribution is -2.30. The van der Waals surface area contributed by atoms with E-state index in [1.54, 1.807) is 69.5 Å². The topological polar surface area (TPSA) is 114 Å². The van der Waals surface area contributed by atoms with E-state index in [-0.39, 0.29) is 52.2 Å². The zero-order valence-electron chi connectivity index (χ0n) is 22.3. The maximum atomic E-state index is 11.6. The molecular weight excluding hydrogens is 502 g/mol. The molecule has 2 aromatic rings. The molecule has 2 aromatic carbocycles. The van der Waals surface area contributed by atoms with Crippen molar-refractivity contribution in [2.75, 3.05) is 7.11 Å². The van der Waals surface area contributed by atoms with Crippen molar-refractivity contribution in [2.45, 2.75) is 101 Å². The van der Waals surface area contributed by atoms with Gasteiger partial charge in [-0.15, -0.1) is 0 Å². The van der Waals surface area contributed by atoms with E-state index in [4.69, 9.17) is 4.74 Å². The van der Waals surface area contributed by atoms with Crippen molar-refractivity contribution < 1.29 is 22.7 Å². The summed E-state index contributed by atoms with van der Waals surface area (Å²) in [6.07, 6.45) is 0. The predicted octanol–water partition coefficient (Wildman–Crippen LogP) is 5.95. The molecule has 9 heteroatoms. The number of nitrogens with one attached hydrogen (secondary N) is 3. The fraction of sp³-hybridized carbons (Fsp3) is 0.517. The fourth-order valence-corrected chi connectivity index (χ4v) is 3.84. The Bertz CT molecular complexity index is 1000. The van der Waals surface area contributed by atoms with Crippen LogP contribution in [0, 0.1) is 6.92 Å². The number of ether oxygens (including phenoxy) is 1. The Morgan fingerprint density at radius 3 is 1.50 bits per heavy atom. The smallest absolute Gasteiger partial charge is 0.251 e. The van der Waals surface area contributed by atoms with Gasteiger partial charge in [0.25, 0.3) is 5.91 Å². The molecule has 0 aliphatic carbocycles. The van der Waals surface area contributed by atoms with Crippen LogP contribution in [0.5, 0.6) is 5.75 Å². The van der Waals surface area contributed by atoms with Gasteiger partial charge in [-0.05, 0) is 84.9 Å². The van der Waals surface area contributed by atoms with Crippen LogP contribution < -0.4 is 20.1 Å². The molecular formula is C29H53N3O5S. The summed E-state index contributed by atoms with van der Waals surface area (Å²) in [5.41, 5.74) is 1.70. The number of sulfonamides is 1. The van der Waals surface area contributed by atoms with E-state index in [0.29, 0.717) is 10.5 Å². The first kappa shape index (κ1) is 42.2. The minimum absolute atomic E-state index is 0. The highest BCUT2D eigenvalue weighted by atomic mass is 32.2. The molecule has 0 aromatic heterocycles. The molecule has 0 saturated carbocycles. The molecule has 38 heavy (non-hydrogen) atoms. The molecule has 0 aliphatic rings. The van der Waals surface area contributed by atoms with Gasteiger partial charge < -0.3 is 15.4 Å². The molecule has 0 fully saturated rings. The Labute approximate surface area is 233 Å². The summed E-state index contributed by atoms with van der Waals surface area (Å²) in [6.45, 7) is 14.8. The highest BCUT2D eigenvalue weighted by molar-refractivity contribution is 7.89. The number of aryl methyl sites for hydroxylation is 1. The van der Waals surface area contributed by atoms with Gasteiger partial charge in [0, 0.05) is 30.6 Å². The molecule has 0 unspecified atom stereocenters. The lowest BCUT2D eigenvalue weighted by molar-refractivity contribution is -0.119.